The van der Waals surface area contributed by atoms with Crippen LogP contribution in [-0.4, -0.2) is 19.6 Å². The molecule has 0 atom stereocenters. The van der Waals surface area contributed by atoms with Crippen LogP contribution in [0.1, 0.15) is 32.3 Å². The predicted octanol–water partition coefficient (Wildman–Crippen LogP) is 3.17. The highest BCUT2D eigenvalue weighted by Crippen LogP contribution is 2.31. The Kier molecular flexibility index (Phi) is 4.59. The van der Waals surface area contributed by atoms with Gasteiger partial charge in [0.05, 0.1) is 0 Å². The molecule has 18 heavy (non-hydrogen) atoms. The Morgan fingerprint density at radius 2 is 2.06 bits per heavy atom. The summed E-state index contributed by atoms with van der Waals surface area (Å²) >= 11 is 0. The van der Waals surface area contributed by atoms with Gasteiger partial charge in [0, 0.05) is 25.3 Å². The van der Waals surface area contributed by atoms with Crippen molar-refractivity contribution < 1.29 is 4.39 Å². The first-order chi connectivity index (χ1) is 8.72. The molecule has 0 heterocycles. The van der Waals surface area contributed by atoms with E-state index < -0.39 is 0 Å². The second-order valence-corrected chi connectivity index (χ2v) is 5.08. The topological polar surface area (TPSA) is 15.3 Å². The fourth-order valence-corrected chi connectivity index (χ4v) is 2.22. The quantitative estimate of drug-likeness (QED) is 0.799. The number of anilines is 1. The van der Waals surface area contributed by atoms with E-state index in [2.05, 4.69) is 30.1 Å². The van der Waals surface area contributed by atoms with E-state index in [1.165, 1.54) is 12.8 Å². The molecule has 0 unspecified atom stereocenters. The minimum Gasteiger partial charge on any atom is -0.371 e. The zero-order valence-corrected chi connectivity index (χ0v) is 11.4. The fraction of sp³-hybridized carbons (Fsp3) is 0.600. The number of hydrogen-bond donors (Lipinski definition) is 1. The van der Waals surface area contributed by atoms with Crippen LogP contribution in [0.25, 0.3) is 0 Å². The summed E-state index contributed by atoms with van der Waals surface area (Å²) in [6.07, 6.45) is 2.66. The Bertz CT molecular complexity index is 388. The molecule has 2 nitrogen and oxygen atoms in total. The number of hydrogen-bond acceptors (Lipinski definition) is 2. The molecule has 2 rings (SSSR count). The number of rotatable bonds is 7. The number of nitrogens with one attached hydrogen (secondary N) is 1. The third kappa shape index (κ3) is 3.70. The smallest absolute Gasteiger partial charge is 0.125 e. The molecule has 1 saturated carbocycles. The Morgan fingerprint density at radius 1 is 1.28 bits per heavy atom. The first kappa shape index (κ1) is 13.3. The highest BCUT2D eigenvalue weighted by molar-refractivity contribution is 5.49. The highest BCUT2D eigenvalue weighted by Gasteiger charge is 2.24. The van der Waals surface area contributed by atoms with E-state index >= 15 is 0 Å². The Labute approximate surface area is 109 Å². The van der Waals surface area contributed by atoms with Gasteiger partial charge in [0.15, 0.2) is 0 Å². The van der Waals surface area contributed by atoms with Crippen LogP contribution < -0.4 is 10.2 Å². The summed E-state index contributed by atoms with van der Waals surface area (Å²) in [5, 5.41) is 3.24. The van der Waals surface area contributed by atoms with Gasteiger partial charge in [-0.25, -0.2) is 4.39 Å². The Morgan fingerprint density at radius 3 is 2.67 bits per heavy atom. The fourth-order valence-electron chi connectivity index (χ4n) is 2.22. The van der Waals surface area contributed by atoms with Crippen molar-refractivity contribution in [3.8, 4) is 0 Å². The van der Waals surface area contributed by atoms with Crippen LogP contribution in [-0.2, 0) is 6.54 Å². The van der Waals surface area contributed by atoms with Crippen LogP contribution >= 0.6 is 0 Å². The molecule has 100 valence electrons. The van der Waals surface area contributed by atoms with E-state index in [9.17, 15) is 4.39 Å². The van der Waals surface area contributed by atoms with Gasteiger partial charge in [0.2, 0.25) is 0 Å². The van der Waals surface area contributed by atoms with E-state index in [1.807, 2.05) is 0 Å². The van der Waals surface area contributed by atoms with E-state index in [4.69, 9.17) is 0 Å². The van der Waals surface area contributed by atoms with Crippen LogP contribution in [0, 0.1) is 11.7 Å². The standard InChI is InChI=1S/C15H23FN2/c1-3-17-10-13-7-14(16)9-15(8-13)18(4-2)11-12-5-6-12/h7-9,12,17H,3-6,10-11H2,1-2H3. The molecule has 0 radical (unpaired) electrons. The van der Waals surface area contributed by atoms with E-state index in [0.717, 1.165) is 43.3 Å². The van der Waals surface area contributed by atoms with Crippen molar-refractivity contribution >= 4 is 5.69 Å². The van der Waals surface area contributed by atoms with Gasteiger partial charge < -0.3 is 10.2 Å². The lowest BCUT2D eigenvalue weighted by Crippen LogP contribution is -2.25. The molecule has 0 aromatic heterocycles. The van der Waals surface area contributed by atoms with Crippen LogP contribution in [0.3, 0.4) is 0 Å². The molecule has 1 aromatic carbocycles. The molecular formula is C15H23FN2. The minimum absolute atomic E-state index is 0.130. The monoisotopic (exact) mass is 250 g/mol. The predicted molar refractivity (Wildman–Crippen MR) is 74.4 cm³/mol. The van der Waals surface area contributed by atoms with Crippen molar-refractivity contribution in [2.75, 3.05) is 24.5 Å². The summed E-state index contributed by atoms with van der Waals surface area (Å²) in [5.74, 6) is 0.695. The molecule has 0 bridgehead atoms. The van der Waals surface area contributed by atoms with Crippen LogP contribution in [0.4, 0.5) is 10.1 Å². The lowest BCUT2D eigenvalue weighted by molar-refractivity contribution is 0.619. The van der Waals surface area contributed by atoms with Gasteiger partial charge in [0.1, 0.15) is 5.82 Å². The number of benzene rings is 1. The van der Waals surface area contributed by atoms with Crippen molar-refractivity contribution in [1.29, 1.82) is 0 Å². The summed E-state index contributed by atoms with van der Waals surface area (Å²) in [6, 6.07) is 5.38. The lowest BCUT2D eigenvalue weighted by atomic mass is 10.1. The number of halogens is 1. The molecule has 1 aromatic rings. The molecule has 3 heteroatoms. The minimum atomic E-state index is -0.130. The molecule has 0 spiro atoms. The molecule has 1 aliphatic carbocycles. The Hall–Kier alpha value is -1.09. The maximum atomic E-state index is 13.7. The zero-order chi connectivity index (χ0) is 13.0. The molecule has 1 fully saturated rings. The molecule has 1 N–H and O–H groups in total. The van der Waals surface area contributed by atoms with Crippen molar-refractivity contribution in [1.82, 2.24) is 5.32 Å². The summed E-state index contributed by atoms with van der Waals surface area (Å²) in [6.45, 7) is 7.86. The van der Waals surface area contributed by atoms with Gasteiger partial charge in [-0.1, -0.05) is 6.92 Å². The third-order valence-corrected chi connectivity index (χ3v) is 3.44. The van der Waals surface area contributed by atoms with Gasteiger partial charge in [-0.05, 0) is 56.0 Å². The van der Waals surface area contributed by atoms with E-state index in [0.29, 0.717) is 0 Å². The van der Waals surface area contributed by atoms with Gasteiger partial charge >= 0.3 is 0 Å². The van der Waals surface area contributed by atoms with Crippen molar-refractivity contribution in [3.63, 3.8) is 0 Å². The van der Waals surface area contributed by atoms with Crippen LogP contribution in [0.15, 0.2) is 18.2 Å². The molecular weight excluding hydrogens is 227 g/mol. The normalized spacial score (nSPS) is 14.8. The summed E-state index contributed by atoms with van der Waals surface area (Å²) in [7, 11) is 0. The average molecular weight is 250 g/mol. The highest BCUT2D eigenvalue weighted by atomic mass is 19.1. The largest absolute Gasteiger partial charge is 0.371 e. The van der Waals surface area contributed by atoms with Gasteiger partial charge in [0.25, 0.3) is 0 Å². The molecule has 0 aliphatic heterocycles. The van der Waals surface area contributed by atoms with Gasteiger partial charge in [-0.3, -0.25) is 0 Å². The maximum absolute atomic E-state index is 13.7. The Balaban J connectivity index is 2.10. The van der Waals surface area contributed by atoms with Gasteiger partial charge in [-0.15, -0.1) is 0 Å². The molecule has 1 aliphatic rings. The average Bonchev–Trinajstić information content (AvgIpc) is 3.16. The van der Waals surface area contributed by atoms with Crippen LogP contribution in [0.2, 0.25) is 0 Å². The second kappa shape index (κ2) is 6.19. The first-order valence-corrected chi connectivity index (χ1v) is 6.98. The van der Waals surface area contributed by atoms with E-state index in [1.54, 1.807) is 12.1 Å². The number of nitrogens with zero attached hydrogens (tertiary/aromatic N) is 1. The van der Waals surface area contributed by atoms with Crippen molar-refractivity contribution in [2.45, 2.75) is 33.2 Å². The maximum Gasteiger partial charge on any atom is 0.125 e. The van der Waals surface area contributed by atoms with Crippen LogP contribution in [0.5, 0.6) is 0 Å². The lowest BCUT2D eigenvalue weighted by Gasteiger charge is -2.23. The third-order valence-electron chi connectivity index (χ3n) is 3.44. The van der Waals surface area contributed by atoms with E-state index in [-0.39, 0.29) is 5.82 Å². The SMILES string of the molecule is CCNCc1cc(F)cc(N(CC)CC2CC2)c1. The van der Waals surface area contributed by atoms with Crippen molar-refractivity contribution in [3.05, 3.63) is 29.6 Å². The second-order valence-electron chi connectivity index (χ2n) is 5.08. The van der Waals surface area contributed by atoms with Crippen molar-refractivity contribution in [2.24, 2.45) is 5.92 Å². The summed E-state index contributed by atoms with van der Waals surface area (Å²) < 4.78 is 13.7. The molecule has 0 saturated heterocycles. The first-order valence-electron chi connectivity index (χ1n) is 6.98. The molecule has 0 amide bonds. The summed E-state index contributed by atoms with van der Waals surface area (Å²) in [4.78, 5) is 2.29. The van der Waals surface area contributed by atoms with Gasteiger partial charge in [-0.2, -0.15) is 0 Å². The summed E-state index contributed by atoms with van der Waals surface area (Å²) in [5.41, 5.74) is 2.05. The zero-order valence-electron chi connectivity index (χ0n) is 11.4.